The van der Waals surface area contributed by atoms with Crippen LogP contribution in [0.5, 0.6) is 0 Å². The van der Waals surface area contributed by atoms with E-state index in [4.69, 9.17) is 0 Å². The summed E-state index contributed by atoms with van der Waals surface area (Å²) in [6.07, 6.45) is 9.32. The number of fused-ring (bicyclic) bond motifs is 1. The molecule has 1 fully saturated rings. The fourth-order valence-electron chi connectivity index (χ4n) is 3.44. The van der Waals surface area contributed by atoms with Crippen molar-refractivity contribution in [2.45, 2.75) is 32.4 Å². The second-order valence-electron chi connectivity index (χ2n) is 6.94. The van der Waals surface area contributed by atoms with E-state index in [0.717, 1.165) is 42.5 Å². The topological polar surface area (TPSA) is 81.7 Å². The first-order valence-electron chi connectivity index (χ1n) is 8.91. The lowest BCUT2D eigenvalue weighted by atomic mass is 10.2. The van der Waals surface area contributed by atoms with Crippen LogP contribution >= 0.6 is 11.5 Å². The van der Waals surface area contributed by atoms with Crippen molar-refractivity contribution < 1.29 is 4.79 Å². The zero-order valence-corrected chi connectivity index (χ0v) is 15.1. The molecule has 9 heteroatoms. The number of carbonyl (C=O) groups excluding carboxylic acids is 1. The van der Waals surface area contributed by atoms with Crippen LogP contribution in [0.25, 0.3) is 11.3 Å². The first kappa shape index (κ1) is 15.7. The van der Waals surface area contributed by atoms with Crippen molar-refractivity contribution in [1.29, 1.82) is 0 Å². The van der Waals surface area contributed by atoms with Gasteiger partial charge in [0.15, 0.2) is 5.69 Å². The van der Waals surface area contributed by atoms with Gasteiger partial charge in [-0.15, -0.1) is 5.10 Å². The van der Waals surface area contributed by atoms with Crippen molar-refractivity contribution in [1.82, 2.24) is 33.8 Å². The van der Waals surface area contributed by atoms with Crippen molar-refractivity contribution in [3.05, 3.63) is 35.5 Å². The molecule has 0 atom stereocenters. The maximum Gasteiger partial charge on any atom is 0.275 e. The quantitative estimate of drug-likeness (QED) is 0.699. The first-order chi connectivity index (χ1) is 12.8. The minimum absolute atomic E-state index is 0.0525. The molecule has 5 rings (SSSR count). The molecule has 0 unspecified atom stereocenters. The average Bonchev–Trinajstić information content (AvgIpc) is 3.03. The summed E-state index contributed by atoms with van der Waals surface area (Å²) in [6, 6.07) is 0. The number of amides is 1. The molecule has 0 saturated heterocycles. The van der Waals surface area contributed by atoms with Crippen molar-refractivity contribution >= 4 is 17.4 Å². The van der Waals surface area contributed by atoms with Gasteiger partial charge in [0.2, 0.25) is 0 Å². The fourth-order valence-corrected chi connectivity index (χ4v) is 3.87. The Morgan fingerprint density at radius 2 is 2.15 bits per heavy atom. The fraction of sp³-hybridized carbons (Fsp3) is 0.471. The van der Waals surface area contributed by atoms with E-state index in [1.807, 2.05) is 22.0 Å². The van der Waals surface area contributed by atoms with E-state index in [1.54, 1.807) is 5.38 Å². The van der Waals surface area contributed by atoms with Gasteiger partial charge in [-0.2, -0.15) is 5.10 Å². The number of hydrogen-bond acceptors (Lipinski definition) is 6. The molecule has 134 valence electrons. The Kier molecular flexibility index (Phi) is 3.81. The lowest BCUT2D eigenvalue weighted by Crippen LogP contribution is -2.33. The molecule has 1 aliphatic carbocycles. The Bertz CT molecular complexity index is 925. The number of imidazole rings is 1. The molecule has 0 aromatic carbocycles. The summed E-state index contributed by atoms with van der Waals surface area (Å²) in [5, 5.41) is 10.1. The van der Waals surface area contributed by atoms with Crippen molar-refractivity contribution in [2.24, 2.45) is 5.92 Å². The minimum atomic E-state index is -0.0525. The summed E-state index contributed by atoms with van der Waals surface area (Å²) >= 11 is 1.20. The number of aromatic nitrogens is 6. The smallest absolute Gasteiger partial charge is 0.275 e. The molecule has 0 spiro atoms. The zero-order chi connectivity index (χ0) is 17.5. The van der Waals surface area contributed by atoms with Crippen LogP contribution < -0.4 is 0 Å². The molecule has 8 nitrogen and oxygen atoms in total. The second-order valence-corrected chi connectivity index (χ2v) is 7.55. The largest absolute Gasteiger partial charge is 0.335 e. The Labute approximate surface area is 154 Å². The molecule has 1 aliphatic heterocycles. The van der Waals surface area contributed by atoms with Gasteiger partial charge < -0.3 is 9.47 Å². The number of carbonyl (C=O) groups is 1. The summed E-state index contributed by atoms with van der Waals surface area (Å²) in [6.45, 7) is 3.02. The second kappa shape index (κ2) is 6.31. The monoisotopic (exact) mass is 369 g/mol. The van der Waals surface area contributed by atoms with Gasteiger partial charge in [-0.25, -0.2) is 4.98 Å². The van der Waals surface area contributed by atoms with Gasteiger partial charge in [-0.1, -0.05) is 4.49 Å². The molecule has 0 N–H and O–H groups in total. The van der Waals surface area contributed by atoms with Crippen LogP contribution in [0.4, 0.5) is 0 Å². The molecule has 3 aromatic rings. The normalized spacial score (nSPS) is 17.2. The predicted octanol–water partition coefficient (Wildman–Crippen LogP) is 1.71. The Morgan fingerprint density at radius 1 is 1.23 bits per heavy atom. The maximum atomic E-state index is 12.5. The van der Waals surface area contributed by atoms with Gasteiger partial charge in [0.1, 0.15) is 5.82 Å². The van der Waals surface area contributed by atoms with E-state index < -0.39 is 0 Å². The van der Waals surface area contributed by atoms with Gasteiger partial charge in [0, 0.05) is 49.7 Å². The standard InChI is InChI=1S/C17H19N7OS/c25-17(14-11-26-21-20-14)22-4-3-16-18-8-15(24(16)6-5-22)13-7-19-23(10-13)9-12-1-2-12/h7-8,10-12H,1-6,9H2. The highest BCUT2D eigenvalue weighted by Gasteiger charge is 2.25. The first-order valence-corrected chi connectivity index (χ1v) is 9.75. The van der Waals surface area contributed by atoms with Crippen LogP contribution in [-0.2, 0) is 19.5 Å². The van der Waals surface area contributed by atoms with Crippen LogP contribution in [0.15, 0.2) is 24.0 Å². The lowest BCUT2D eigenvalue weighted by molar-refractivity contribution is 0.0753. The molecule has 2 aliphatic rings. The van der Waals surface area contributed by atoms with Gasteiger partial charge in [-0.05, 0) is 30.3 Å². The molecule has 3 aromatic heterocycles. The van der Waals surface area contributed by atoms with Crippen LogP contribution in [0.3, 0.4) is 0 Å². The van der Waals surface area contributed by atoms with Crippen LogP contribution in [0, 0.1) is 5.92 Å². The SMILES string of the molecule is O=C(c1csnn1)N1CCc2ncc(-c3cnn(CC4CC4)c3)n2CC1. The zero-order valence-electron chi connectivity index (χ0n) is 14.3. The van der Waals surface area contributed by atoms with Gasteiger partial charge in [0.25, 0.3) is 5.91 Å². The van der Waals surface area contributed by atoms with E-state index in [2.05, 4.69) is 30.4 Å². The third-order valence-corrected chi connectivity index (χ3v) is 5.58. The highest BCUT2D eigenvalue weighted by molar-refractivity contribution is 7.03. The number of nitrogens with zero attached hydrogens (tertiary/aromatic N) is 7. The summed E-state index contributed by atoms with van der Waals surface area (Å²) in [4.78, 5) is 19.0. The molecular weight excluding hydrogens is 350 g/mol. The maximum absolute atomic E-state index is 12.5. The van der Waals surface area contributed by atoms with E-state index in [9.17, 15) is 4.79 Å². The Balaban J connectivity index is 1.35. The van der Waals surface area contributed by atoms with E-state index in [0.29, 0.717) is 18.8 Å². The van der Waals surface area contributed by atoms with Crippen LogP contribution in [-0.4, -0.2) is 52.8 Å². The molecule has 0 radical (unpaired) electrons. The number of rotatable bonds is 4. The van der Waals surface area contributed by atoms with Gasteiger partial charge >= 0.3 is 0 Å². The Hall–Kier alpha value is -2.55. The highest BCUT2D eigenvalue weighted by Crippen LogP contribution is 2.31. The summed E-state index contributed by atoms with van der Waals surface area (Å²) in [5.41, 5.74) is 2.59. The summed E-state index contributed by atoms with van der Waals surface area (Å²) in [5.74, 6) is 1.76. The van der Waals surface area contributed by atoms with Gasteiger partial charge in [-0.3, -0.25) is 9.48 Å². The third-order valence-electron chi connectivity index (χ3n) is 5.07. The van der Waals surface area contributed by atoms with E-state index >= 15 is 0 Å². The summed E-state index contributed by atoms with van der Waals surface area (Å²) in [7, 11) is 0. The van der Waals surface area contributed by atoms with Crippen LogP contribution in [0.1, 0.15) is 29.2 Å². The average molecular weight is 369 g/mol. The highest BCUT2D eigenvalue weighted by atomic mass is 32.1. The molecule has 1 amide bonds. The van der Waals surface area contributed by atoms with Crippen molar-refractivity contribution in [2.75, 3.05) is 13.1 Å². The Morgan fingerprint density at radius 3 is 2.96 bits per heavy atom. The molecule has 26 heavy (non-hydrogen) atoms. The van der Waals surface area contributed by atoms with Gasteiger partial charge in [0.05, 0.1) is 18.1 Å². The predicted molar refractivity (Wildman–Crippen MR) is 95.7 cm³/mol. The summed E-state index contributed by atoms with van der Waals surface area (Å²) < 4.78 is 8.04. The lowest BCUT2D eigenvalue weighted by Gasteiger charge is -2.18. The van der Waals surface area contributed by atoms with E-state index in [-0.39, 0.29) is 5.91 Å². The third kappa shape index (κ3) is 2.92. The van der Waals surface area contributed by atoms with Crippen molar-refractivity contribution in [3.63, 3.8) is 0 Å². The van der Waals surface area contributed by atoms with Crippen molar-refractivity contribution in [3.8, 4) is 11.3 Å². The van der Waals surface area contributed by atoms with E-state index in [1.165, 1.54) is 24.4 Å². The molecule has 0 bridgehead atoms. The molecule has 1 saturated carbocycles. The molecular formula is C17H19N7OS. The number of hydrogen-bond donors (Lipinski definition) is 0. The molecule has 4 heterocycles. The van der Waals surface area contributed by atoms with Crippen LogP contribution in [0.2, 0.25) is 0 Å². The minimum Gasteiger partial charge on any atom is -0.335 e.